The van der Waals surface area contributed by atoms with Crippen LogP contribution in [0, 0.1) is 0 Å². The average molecular weight is 470 g/mol. The summed E-state index contributed by atoms with van der Waals surface area (Å²) in [5, 5.41) is 11.0. The molecule has 174 valence electrons. The van der Waals surface area contributed by atoms with Crippen molar-refractivity contribution in [2.45, 2.75) is 50.1 Å². The highest BCUT2D eigenvalue weighted by Gasteiger charge is 2.21. The predicted octanol–water partition coefficient (Wildman–Crippen LogP) is 3.72. The van der Waals surface area contributed by atoms with Crippen LogP contribution in [0.5, 0.6) is 17.2 Å². The molecule has 0 aliphatic carbocycles. The van der Waals surface area contributed by atoms with Gasteiger partial charge < -0.3 is 25.4 Å². The number of rotatable bonds is 7. The molecule has 1 aliphatic rings. The molecule has 0 saturated carbocycles. The number of thioether (sulfide) groups is 1. The lowest BCUT2D eigenvalue weighted by Crippen LogP contribution is -2.24. The minimum atomic E-state index is -0.458. The van der Waals surface area contributed by atoms with E-state index in [0.717, 1.165) is 5.75 Å². The largest absolute Gasteiger partial charge is 0.486 e. The second-order valence-electron chi connectivity index (χ2n) is 8.65. The second kappa shape index (κ2) is 9.22. The maximum Gasteiger partial charge on any atom is 0.237 e. The molecule has 2 aromatic carbocycles. The standard InChI is InChI=1S/C23H27N5O4S/c1-14(21(29)25-16-7-10-18-19(11-16)32-13-31-18)33-22-27-26-20(28(22)24)12-30-17-8-5-15(6-9-17)23(2,3)4/h5-11,14H,12-13,24H2,1-4H3,(H,25,29). The average Bonchev–Trinajstić information content (AvgIpc) is 3.38. The molecule has 0 radical (unpaired) electrons. The van der Waals surface area contributed by atoms with Crippen LogP contribution in [0.4, 0.5) is 5.69 Å². The Bertz CT molecular complexity index is 1140. The number of carbonyl (C=O) groups excluding carboxylic acids is 1. The van der Waals surface area contributed by atoms with Gasteiger partial charge in [0.25, 0.3) is 0 Å². The van der Waals surface area contributed by atoms with E-state index in [4.69, 9.17) is 20.1 Å². The van der Waals surface area contributed by atoms with Gasteiger partial charge in [-0.3, -0.25) is 4.79 Å². The first-order valence-corrected chi connectivity index (χ1v) is 11.4. The number of nitrogens with one attached hydrogen (secondary N) is 1. The molecule has 0 bridgehead atoms. The van der Waals surface area contributed by atoms with E-state index in [1.807, 2.05) is 24.3 Å². The van der Waals surface area contributed by atoms with Crippen LogP contribution in [-0.2, 0) is 16.8 Å². The van der Waals surface area contributed by atoms with Gasteiger partial charge in [-0.1, -0.05) is 44.7 Å². The number of amides is 1. The number of hydrogen-bond donors (Lipinski definition) is 2. The Kier molecular flexibility index (Phi) is 6.37. The molecular weight excluding hydrogens is 442 g/mol. The van der Waals surface area contributed by atoms with Crippen LogP contribution >= 0.6 is 11.8 Å². The van der Waals surface area contributed by atoms with Gasteiger partial charge in [0.2, 0.25) is 17.9 Å². The van der Waals surface area contributed by atoms with E-state index in [0.29, 0.717) is 28.2 Å². The molecule has 0 fully saturated rings. The number of nitrogens with two attached hydrogens (primary N) is 1. The number of hydrogen-bond acceptors (Lipinski definition) is 8. The van der Waals surface area contributed by atoms with E-state index >= 15 is 0 Å². The van der Waals surface area contributed by atoms with Gasteiger partial charge in [0, 0.05) is 11.8 Å². The van der Waals surface area contributed by atoms with Gasteiger partial charge in [-0.25, -0.2) is 4.68 Å². The summed E-state index contributed by atoms with van der Waals surface area (Å²) in [7, 11) is 0. The summed E-state index contributed by atoms with van der Waals surface area (Å²) < 4.78 is 17.8. The predicted molar refractivity (Wildman–Crippen MR) is 126 cm³/mol. The van der Waals surface area contributed by atoms with Crippen LogP contribution in [0.15, 0.2) is 47.6 Å². The Morgan fingerprint density at radius 3 is 2.64 bits per heavy atom. The van der Waals surface area contributed by atoms with Gasteiger partial charge in [-0.2, -0.15) is 0 Å². The molecule has 1 aromatic heterocycles. The Labute approximate surface area is 196 Å². The molecule has 0 saturated heterocycles. The van der Waals surface area contributed by atoms with E-state index in [9.17, 15) is 4.79 Å². The molecule has 10 heteroatoms. The molecule has 1 unspecified atom stereocenters. The molecule has 9 nitrogen and oxygen atoms in total. The normalized spacial score (nSPS) is 13.6. The summed E-state index contributed by atoms with van der Waals surface area (Å²) in [5.41, 5.74) is 1.93. The first kappa shape index (κ1) is 22.8. The fraction of sp³-hybridized carbons (Fsp3) is 0.348. The van der Waals surface area contributed by atoms with Crippen molar-refractivity contribution in [2.75, 3.05) is 18.0 Å². The van der Waals surface area contributed by atoms with E-state index in [1.54, 1.807) is 25.1 Å². The van der Waals surface area contributed by atoms with Crippen molar-refractivity contribution < 1.29 is 19.0 Å². The monoisotopic (exact) mass is 469 g/mol. The maximum absolute atomic E-state index is 12.6. The molecular formula is C23H27N5O4S. The number of anilines is 1. The SMILES string of the molecule is CC(Sc1nnc(COc2ccc(C(C)(C)C)cc2)n1N)C(=O)Nc1ccc2c(c1)OCO2. The van der Waals surface area contributed by atoms with Crippen molar-refractivity contribution in [1.82, 2.24) is 14.9 Å². The zero-order valence-corrected chi connectivity index (χ0v) is 19.8. The lowest BCUT2D eigenvalue weighted by Gasteiger charge is -2.19. The Morgan fingerprint density at radius 1 is 1.18 bits per heavy atom. The molecule has 1 aliphatic heterocycles. The molecule has 4 rings (SSSR count). The van der Waals surface area contributed by atoms with Gasteiger partial charge in [-0.05, 0) is 42.2 Å². The minimum Gasteiger partial charge on any atom is -0.486 e. The molecule has 33 heavy (non-hydrogen) atoms. The molecule has 0 spiro atoms. The van der Waals surface area contributed by atoms with Crippen LogP contribution in [0.25, 0.3) is 0 Å². The third-order valence-corrected chi connectivity index (χ3v) is 6.17. The molecule has 2 heterocycles. The number of fused-ring (bicyclic) bond motifs is 1. The summed E-state index contributed by atoms with van der Waals surface area (Å²) in [6, 6.07) is 13.2. The zero-order valence-electron chi connectivity index (χ0n) is 19.0. The Morgan fingerprint density at radius 2 is 1.91 bits per heavy atom. The van der Waals surface area contributed by atoms with Crippen molar-refractivity contribution in [3.8, 4) is 17.2 Å². The van der Waals surface area contributed by atoms with Crippen molar-refractivity contribution in [2.24, 2.45) is 0 Å². The number of nitrogens with zero attached hydrogens (tertiary/aromatic N) is 3. The van der Waals surface area contributed by atoms with E-state index in [1.165, 1.54) is 22.0 Å². The topological polar surface area (TPSA) is 114 Å². The number of ether oxygens (including phenoxy) is 3. The first-order chi connectivity index (χ1) is 15.7. The van der Waals surface area contributed by atoms with Gasteiger partial charge in [0.1, 0.15) is 12.4 Å². The highest BCUT2D eigenvalue weighted by Crippen LogP contribution is 2.34. The summed E-state index contributed by atoms with van der Waals surface area (Å²) >= 11 is 1.21. The Balaban J connectivity index is 1.33. The first-order valence-electron chi connectivity index (χ1n) is 10.5. The van der Waals surface area contributed by atoms with E-state index < -0.39 is 5.25 Å². The zero-order chi connectivity index (χ0) is 23.6. The second-order valence-corrected chi connectivity index (χ2v) is 9.96. The number of nitrogen functional groups attached to an aromatic ring is 1. The quantitative estimate of drug-likeness (QED) is 0.398. The van der Waals surface area contributed by atoms with Crippen molar-refractivity contribution >= 4 is 23.4 Å². The molecule has 3 N–H and O–H groups in total. The summed E-state index contributed by atoms with van der Waals surface area (Å²) in [4.78, 5) is 12.6. The third kappa shape index (κ3) is 5.33. The van der Waals surface area contributed by atoms with Crippen molar-refractivity contribution in [3.63, 3.8) is 0 Å². The van der Waals surface area contributed by atoms with Crippen LogP contribution in [-0.4, -0.2) is 32.8 Å². The van der Waals surface area contributed by atoms with E-state index in [2.05, 4.69) is 36.3 Å². The highest BCUT2D eigenvalue weighted by atomic mass is 32.2. The maximum atomic E-state index is 12.6. The highest BCUT2D eigenvalue weighted by molar-refractivity contribution is 8.00. The van der Waals surface area contributed by atoms with Crippen molar-refractivity contribution in [3.05, 3.63) is 53.9 Å². The number of carbonyl (C=O) groups is 1. The van der Waals surface area contributed by atoms with Crippen LogP contribution < -0.4 is 25.4 Å². The van der Waals surface area contributed by atoms with Gasteiger partial charge >= 0.3 is 0 Å². The molecule has 1 amide bonds. The molecule has 1 atom stereocenters. The van der Waals surface area contributed by atoms with Gasteiger partial charge in [0.05, 0.1) is 5.25 Å². The number of aromatic nitrogens is 3. The summed E-state index contributed by atoms with van der Waals surface area (Å²) in [5.74, 6) is 8.39. The smallest absolute Gasteiger partial charge is 0.237 e. The van der Waals surface area contributed by atoms with Crippen LogP contribution in [0.3, 0.4) is 0 Å². The van der Waals surface area contributed by atoms with E-state index in [-0.39, 0.29) is 24.7 Å². The fourth-order valence-electron chi connectivity index (χ4n) is 3.11. The lowest BCUT2D eigenvalue weighted by molar-refractivity contribution is -0.115. The van der Waals surface area contributed by atoms with Crippen LogP contribution in [0.2, 0.25) is 0 Å². The minimum absolute atomic E-state index is 0.0772. The van der Waals surface area contributed by atoms with Crippen molar-refractivity contribution in [1.29, 1.82) is 0 Å². The molecule has 3 aromatic rings. The summed E-state index contributed by atoms with van der Waals surface area (Å²) in [6.45, 7) is 8.60. The van der Waals surface area contributed by atoms with Gasteiger partial charge in [0.15, 0.2) is 17.3 Å². The Hall–Kier alpha value is -3.40. The summed E-state index contributed by atoms with van der Waals surface area (Å²) in [6.07, 6.45) is 0. The number of benzene rings is 2. The third-order valence-electron chi connectivity index (χ3n) is 5.11. The lowest BCUT2D eigenvalue weighted by atomic mass is 9.87. The van der Waals surface area contributed by atoms with Crippen LogP contribution in [0.1, 0.15) is 39.1 Å². The van der Waals surface area contributed by atoms with Gasteiger partial charge in [-0.15, -0.1) is 10.2 Å². The fourth-order valence-corrected chi connectivity index (χ4v) is 3.90.